The molecule has 0 saturated heterocycles. The molecule has 0 N–H and O–H groups in total. The first-order valence-electron chi connectivity index (χ1n) is 16.5. The average Bonchev–Trinajstić information content (AvgIpc) is 3.59. The number of ether oxygens (including phenoxy) is 7. The van der Waals surface area contributed by atoms with E-state index in [-0.39, 0.29) is 18.9 Å². The molecule has 252 valence electrons. The topological polar surface area (TPSA) is 71.1 Å². The monoisotopic (exact) mass is 652 g/mol. The number of nitrogens with zero attached hydrogens (tertiary/aromatic N) is 2. The van der Waals surface area contributed by atoms with Crippen molar-refractivity contribution < 1.29 is 33.2 Å². The molecule has 0 aromatic heterocycles. The molecule has 2 atom stereocenters. The van der Waals surface area contributed by atoms with Gasteiger partial charge in [0.1, 0.15) is 5.75 Å². The summed E-state index contributed by atoms with van der Waals surface area (Å²) in [5.41, 5.74) is 7.41. The third-order valence-electron chi connectivity index (χ3n) is 10.1. The normalized spacial score (nSPS) is 18.5. The maximum atomic E-state index is 6.36. The predicted molar refractivity (Wildman–Crippen MR) is 184 cm³/mol. The van der Waals surface area contributed by atoms with Crippen molar-refractivity contribution in [3.63, 3.8) is 0 Å². The number of hydrogen-bond acceptors (Lipinski definition) is 9. The van der Waals surface area contributed by atoms with Crippen LogP contribution in [-0.4, -0.2) is 72.2 Å². The number of likely N-dealkylation sites (N-methyl/N-ethyl adjacent to an activating group) is 2. The molecule has 48 heavy (non-hydrogen) atoms. The number of rotatable bonds is 10. The predicted octanol–water partition coefficient (Wildman–Crippen LogP) is 6.79. The zero-order valence-corrected chi connectivity index (χ0v) is 28.6. The lowest BCUT2D eigenvalue weighted by molar-refractivity contribution is 0.171. The summed E-state index contributed by atoms with van der Waals surface area (Å²) in [4.78, 5) is 4.80. The fourth-order valence-electron chi connectivity index (χ4n) is 7.40. The molecule has 0 fully saturated rings. The van der Waals surface area contributed by atoms with Gasteiger partial charge in [-0.05, 0) is 110 Å². The summed E-state index contributed by atoms with van der Waals surface area (Å²) >= 11 is 0. The van der Waals surface area contributed by atoms with Crippen molar-refractivity contribution in [1.82, 2.24) is 9.80 Å². The lowest BCUT2D eigenvalue weighted by Gasteiger charge is -2.35. The number of hydrogen-bond donors (Lipinski definition) is 0. The first kappa shape index (κ1) is 32.0. The molecule has 0 spiro atoms. The molecule has 3 aliphatic rings. The average molecular weight is 653 g/mol. The molecular formula is C39H44N2O7. The molecule has 4 aromatic rings. The van der Waals surface area contributed by atoms with Crippen molar-refractivity contribution in [2.24, 2.45) is 0 Å². The molecule has 9 nitrogen and oxygen atoms in total. The highest BCUT2D eigenvalue weighted by Gasteiger charge is 2.33. The minimum Gasteiger partial charge on any atom is -0.493 e. The lowest BCUT2D eigenvalue weighted by Crippen LogP contribution is -2.33. The van der Waals surface area contributed by atoms with Crippen LogP contribution in [0.5, 0.6) is 46.0 Å². The first-order chi connectivity index (χ1) is 23.4. The molecule has 7 rings (SSSR count). The van der Waals surface area contributed by atoms with Crippen LogP contribution in [-0.2, 0) is 25.7 Å². The smallest absolute Gasteiger partial charge is 0.231 e. The molecular weight excluding hydrogens is 608 g/mol. The van der Waals surface area contributed by atoms with Gasteiger partial charge in [-0.2, -0.15) is 0 Å². The van der Waals surface area contributed by atoms with Crippen LogP contribution in [0, 0.1) is 0 Å². The Morgan fingerprint density at radius 2 is 1.29 bits per heavy atom. The second-order valence-electron chi connectivity index (χ2n) is 12.7. The van der Waals surface area contributed by atoms with Gasteiger partial charge in [0.05, 0.1) is 28.4 Å². The highest BCUT2D eigenvalue weighted by Crippen LogP contribution is 2.49. The van der Waals surface area contributed by atoms with Crippen LogP contribution < -0.4 is 33.2 Å². The highest BCUT2D eigenvalue weighted by atomic mass is 16.7. The largest absolute Gasteiger partial charge is 0.493 e. The number of methoxy groups -OCH3 is 4. The van der Waals surface area contributed by atoms with Crippen molar-refractivity contribution in [3.05, 3.63) is 94.0 Å². The Morgan fingerprint density at radius 1 is 0.646 bits per heavy atom. The molecule has 2 unspecified atom stereocenters. The van der Waals surface area contributed by atoms with E-state index in [0.29, 0.717) is 11.5 Å². The Bertz CT molecular complexity index is 1790. The van der Waals surface area contributed by atoms with Crippen molar-refractivity contribution in [2.45, 2.75) is 37.8 Å². The fraction of sp³-hybridized carbons (Fsp3) is 0.385. The van der Waals surface area contributed by atoms with Gasteiger partial charge in [-0.15, -0.1) is 0 Å². The molecule has 3 aliphatic heterocycles. The molecule has 0 bridgehead atoms. The van der Waals surface area contributed by atoms with E-state index >= 15 is 0 Å². The summed E-state index contributed by atoms with van der Waals surface area (Å²) in [5, 5.41) is 0. The van der Waals surface area contributed by atoms with E-state index < -0.39 is 0 Å². The van der Waals surface area contributed by atoms with Crippen molar-refractivity contribution in [3.8, 4) is 46.0 Å². The van der Waals surface area contributed by atoms with Gasteiger partial charge >= 0.3 is 0 Å². The molecule has 9 heteroatoms. The quantitative estimate of drug-likeness (QED) is 0.184. The molecule has 3 heterocycles. The SMILES string of the molecule is COc1cc2c(cc1OC)C(Cc1ccc(Oc3ccc(CC4c5cc6c(c(OC)c5CCN4C)OCO6)cc3)c(OC)c1)N(C)CC2. The zero-order valence-electron chi connectivity index (χ0n) is 28.6. The summed E-state index contributed by atoms with van der Waals surface area (Å²) in [6.45, 7) is 2.14. The van der Waals surface area contributed by atoms with Crippen LogP contribution in [0.2, 0.25) is 0 Å². The van der Waals surface area contributed by atoms with Gasteiger partial charge in [0, 0.05) is 30.7 Å². The summed E-state index contributed by atoms with van der Waals surface area (Å²) in [6, 6.07) is 21.3. The Kier molecular flexibility index (Phi) is 8.98. The van der Waals surface area contributed by atoms with Gasteiger partial charge in [0.25, 0.3) is 0 Å². The zero-order chi connectivity index (χ0) is 33.4. The van der Waals surface area contributed by atoms with E-state index in [0.717, 1.165) is 73.3 Å². The summed E-state index contributed by atoms with van der Waals surface area (Å²) in [6.07, 6.45) is 3.56. The minimum absolute atomic E-state index is 0.190. The van der Waals surface area contributed by atoms with Crippen LogP contribution in [0.4, 0.5) is 0 Å². The van der Waals surface area contributed by atoms with Gasteiger partial charge in [-0.25, -0.2) is 0 Å². The van der Waals surface area contributed by atoms with E-state index in [4.69, 9.17) is 33.2 Å². The molecule has 0 aliphatic carbocycles. The van der Waals surface area contributed by atoms with Gasteiger partial charge in [-0.3, -0.25) is 9.80 Å². The van der Waals surface area contributed by atoms with Crippen LogP contribution in [0.3, 0.4) is 0 Å². The van der Waals surface area contributed by atoms with E-state index in [9.17, 15) is 0 Å². The van der Waals surface area contributed by atoms with Crippen molar-refractivity contribution >= 4 is 0 Å². The van der Waals surface area contributed by atoms with Crippen LogP contribution in [0.15, 0.2) is 60.7 Å². The second kappa shape index (κ2) is 13.5. The summed E-state index contributed by atoms with van der Waals surface area (Å²) in [5.74, 6) is 5.96. The molecule has 0 amide bonds. The summed E-state index contributed by atoms with van der Waals surface area (Å²) < 4.78 is 40.7. The minimum atomic E-state index is 0.190. The second-order valence-corrected chi connectivity index (χ2v) is 12.7. The summed E-state index contributed by atoms with van der Waals surface area (Å²) in [7, 11) is 11.1. The Hall–Kier alpha value is -4.60. The highest BCUT2D eigenvalue weighted by molar-refractivity contribution is 5.61. The fourth-order valence-corrected chi connectivity index (χ4v) is 7.40. The molecule has 4 aromatic carbocycles. The third-order valence-corrected chi connectivity index (χ3v) is 10.1. The Morgan fingerprint density at radius 3 is 2.02 bits per heavy atom. The van der Waals surface area contributed by atoms with Crippen LogP contribution in [0.1, 0.15) is 45.5 Å². The molecule has 0 saturated carbocycles. The van der Waals surface area contributed by atoms with Crippen LogP contribution >= 0.6 is 0 Å². The maximum Gasteiger partial charge on any atom is 0.231 e. The number of benzene rings is 4. The van der Waals surface area contributed by atoms with Crippen molar-refractivity contribution in [2.75, 3.05) is 62.4 Å². The van der Waals surface area contributed by atoms with E-state index in [1.54, 1.807) is 28.4 Å². The van der Waals surface area contributed by atoms with Gasteiger partial charge in [0.15, 0.2) is 34.5 Å². The van der Waals surface area contributed by atoms with Gasteiger partial charge in [-0.1, -0.05) is 18.2 Å². The van der Waals surface area contributed by atoms with E-state index in [1.165, 1.54) is 33.4 Å². The lowest BCUT2D eigenvalue weighted by atomic mass is 9.88. The van der Waals surface area contributed by atoms with Gasteiger partial charge < -0.3 is 33.2 Å². The van der Waals surface area contributed by atoms with E-state index in [1.807, 2.05) is 18.2 Å². The maximum absolute atomic E-state index is 6.36. The Labute approximate surface area is 282 Å². The Balaban J connectivity index is 1.07. The third kappa shape index (κ3) is 5.97. The first-order valence-corrected chi connectivity index (χ1v) is 16.5. The number of fused-ring (bicyclic) bond motifs is 3. The van der Waals surface area contributed by atoms with Crippen LogP contribution in [0.25, 0.3) is 0 Å². The van der Waals surface area contributed by atoms with Crippen molar-refractivity contribution in [1.29, 1.82) is 0 Å². The molecule has 0 radical (unpaired) electrons. The van der Waals surface area contributed by atoms with E-state index in [2.05, 4.69) is 66.4 Å². The van der Waals surface area contributed by atoms with Gasteiger partial charge in [0.2, 0.25) is 12.5 Å². The standard InChI is InChI=1S/C39H44N2O7/c1-40-15-13-26-20-35(43-4)36(44-5)21-29(26)31(40)18-25-9-12-33(34(19-25)42-3)48-27-10-7-24(8-11-27)17-32-30-22-37-39(47-23-46-37)38(45-6)28(30)14-16-41(32)2/h7-12,19-22,31-32H,13-18,23H2,1-6H3.